The van der Waals surface area contributed by atoms with Crippen LogP contribution in [-0.2, 0) is 0 Å². The Labute approximate surface area is 87.7 Å². The lowest BCUT2D eigenvalue weighted by Crippen LogP contribution is -2.38. The second-order valence-electron chi connectivity index (χ2n) is 3.95. The van der Waals surface area contributed by atoms with Gasteiger partial charge in [-0.15, -0.1) is 0 Å². The summed E-state index contributed by atoms with van der Waals surface area (Å²) in [6, 6.07) is 1.57. The predicted octanol–water partition coefficient (Wildman–Crippen LogP) is 2.29. The van der Waals surface area contributed by atoms with Crippen LogP contribution in [0.5, 0.6) is 0 Å². The van der Waals surface area contributed by atoms with E-state index < -0.39 is 6.17 Å². The Morgan fingerprint density at radius 2 is 2.40 bits per heavy atom. The first-order valence-corrected chi connectivity index (χ1v) is 5.23. The highest BCUT2D eigenvalue weighted by Gasteiger charge is 2.23. The first kappa shape index (κ1) is 10.2. The second kappa shape index (κ2) is 4.47. The maximum absolute atomic E-state index is 13.1. The number of carbonyl (C=O) groups is 1. The van der Waals surface area contributed by atoms with Gasteiger partial charge >= 0.3 is 0 Å². The molecule has 3 nitrogen and oxygen atoms in total. The van der Waals surface area contributed by atoms with Crippen molar-refractivity contribution in [3.63, 3.8) is 0 Å². The van der Waals surface area contributed by atoms with Crippen molar-refractivity contribution in [1.82, 2.24) is 5.32 Å². The highest BCUT2D eigenvalue weighted by molar-refractivity contribution is 5.93. The molecule has 1 N–H and O–H groups in total. The van der Waals surface area contributed by atoms with Crippen LogP contribution in [0.4, 0.5) is 4.39 Å². The molecule has 0 unspecified atom stereocenters. The van der Waals surface area contributed by atoms with Crippen molar-refractivity contribution < 1.29 is 13.6 Å². The van der Waals surface area contributed by atoms with Gasteiger partial charge in [0.25, 0.3) is 5.91 Å². The summed E-state index contributed by atoms with van der Waals surface area (Å²) < 4.78 is 17.9. The first-order valence-electron chi connectivity index (χ1n) is 5.23. The predicted molar refractivity (Wildman–Crippen MR) is 53.3 cm³/mol. The minimum atomic E-state index is -0.770. The third kappa shape index (κ3) is 2.58. The summed E-state index contributed by atoms with van der Waals surface area (Å²) in [5.41, 5.74) is 0.496. The monoisotopic (exact) mass is 211 g/mol. The number of nitrogens with one attached hydrogen (secondary N) is 1. The van der Waals surface area contributed by atoms with Crippen LogP contribution in [0.2, 0.25) is 0 Å². The van der Waals surface area contributed by atoms with Gasteiger partial charge in [-0.1, -0.05) is 0 Å². The fourth-order valence-corrected chi connectivity index (χ4v) is 1.92. The van der Waals surface area contributed by atoms with E-state index in [0.29, 0.717) is 18.4 Å². The van der Waals surface area contributed by atoms with E-state index in [-0.39, 0.29) is 11.9 Å². The Bertz CT molecular complexity index is 323. The molecule has 0 aromatic carbocycles. The van der Waals surface area contributed by atoms with Crippen molar-refractivity contribution in [3.05, 3.63) is 24.2 Å². The standard InChI is InChI=1S/C11H14FNO2/c12-9-2-1-3-10(6-9)13-11(14)8-4-5-15-7-8/h4-5,7,9-10H,1-3,6H2,(H,13,14)/t9-,10-/m0/s1. The Kier molecular flexibility index (Phi) is 3.04. The van der Waals surface area contributed by atoms with Gasteiger partial charge in [0.2, 0.25) is 0 Å². The van der Waals surface area contributed by atoms with Crippen molar-refractivity contribution in [1.29, 1.82) is 0 Å². The van der Waals surface area contributed by atoms with Crippen LogP contribution >= 0.6 is 0 Å². The van der Waals surface area contributed by atoms with E-state index in [0.717, 1.165) is 12.8 Å². The Balaban J connectivity index is 1.89. The second-order valence-corrected chi connectivity index (χ2v) is 3.95. The number of alkyl halides is 1. The molecule has 1 amide bonds. The molecule has 0 bridgehead atoms. The van der Waals surface area contributed by atoms with Crippen LogP contribution in [0.1, 0.15) is 36.0 Å². The molecule has 1 aromatic rings. The summed E-state index contributed by atoms with van der Waals surface area (Å²) in [5, 5.41) is 2.81. The Morgan fingerprint density at radius 1 is 1.53 bits per heavy atom. The number of carbonyl (C=O) groups excluding carboxylic acids is 1. The third-order valence-corrected chi connectivity index (χ3v) is 2.73. The number of hydrogen-bond donors (Lipinski definition) is 1. The van der Waals surface area contributed by atoms with E-state index in [1.54, 1.807) is 6.07 Å². The molecule has 1 saturated carbocycles. The summed E-state index contributed by atoms with van der Waals surface area (Å²) >= 11 is 0. The van der Waals surface area contributed by atoms with Gasteiger partial charge in [-0.3, -0.25) is 4.79 Å². The summed E-state index contributed by atoms with van der Waals surface area (Å²) in [5.74, 6) is -0.178. The molecule has 2 atom stereocenters. The molecule has 2 rings (SSSR count). The molecule has 1 fully saturated rings. The quantitative estimate of drug-likeness (QED) is 0.815. The van der Waals surface area contributed by atoms with Crippen molar-refractivity contribution in [2.24, 2.45) is 0 Å². The van der Waals surface area contributed by atoms with E-state index in [1.165, 1.54) is 12.5 Å². The smallest absolute Gasteiger partial charge is 0.254 e. The highest BCUT2D eigenvalue weighted by Crippen LogP contribution is 2.21. The molecule has 1 aliphatic rings. The van der Waals surface area contributed by atoms with Gasteiger partial charge in [-0.05, 0) is 31.7 Å². The summed E-state index contributed by atoms with van der Waals surface area (Å²) in [7, 11) is 0. The molecule has 0 aliphatic heterocycles. The zero-order valence-electron chi connectivity index (χ0n) is 8.41. The molecule has 0 spiro atoms. The normalized spacial score (nSPS) is 26.2. The molecular formula is C11H14FNO2. The summed E-state index contributed by atoms with van der Waals surface area (Å²) in [6.07, 6.45) is 4.84. The molecule has 0 saturated heterocycles. The van der Waals surface area contributed by atoms with Gasteiger partial charge in [0, 0.05) is 6.04 Å². The topological polar surface area (TPSA) is 42.2 Å². The van der Waals surface area contributed by atoms with Crippen LogP contribution in [0, 0.1) is 0 Å². The molecular weight excluding hydrogens is 197 g/mol. The SMILES string of the molecule is O=C(N[C@H]1CCC[C@H](F)C1)c1ccoc1. The van der Waals surface area contributed by atoms with Gasteiger partial charge < -0.3 is 9.73 Å². The molecule has 15 heavy (non-hydrogen) atoms. The highest BCUT2D eigenvalue weighted by atomic mass is 19.1. The molecule has 1 heterocycles. The van der Waals surface area contributed by atoms with Gasteiger partial charge in [0.1, 0.15) is 12.4 Å². The lowest BCUT2D eigenvalue weighted by atomic mass is 9.94. The average Bonchev–Trinajstić information content (AvgIpc) is 2.70. The Hall–Kier alpha value is -1.32. The van der Waals surface area contributed by atoms with Gasteiger partial charge in [0.05, 0.1) is 11.8 Å². The number of rotatable bonds is 2. The maximum Gasteiger partial charge on any atom is 0.254 e. The van der Waals surface area contributed by atoms with E-state index in [2.05, 4.69) is 5.32 Å². The van der Waals surface area contributed by atoms with Crippen LogP contribution in [-0.4, -0.2) is 18.1 Å². The van der Waals surface area contributed by atoms with Crippen LogP contribution in [0.15, 0.2) is 23.0 Å². The van der Waals surface area contributed by atoms with Gasteiger partial charge in [-0.2, -0.15) is 0 Å². The molecule has 1 aromatic heterocycles. The van der Waals surface area contributed by atoms with Crippen molar-refractivity contribution in [2.45, 2.75) is 37.9 Å². The van der Waals surface area contributed by atoms with E-state index in [4.69, 9.17) is 4.42 Å². The Morgan fingerprint density at radius 3 is 3.07 bits per heavy atom. The van der Waals surface area contributed by atoms with Crippen molar-refractivity contribution in [3.8, 4) is 0 Å². The minimum Gasteiger partial charge on any atom is -0.472 e. The van der Waals surface area contributed by atoms with E-state index >= 15 is 0 Å². The lowest BCUT2D eigenvalue weighted by Gasteiger charge is -2.25. The van der Waals surface area contributed by atoms with Crippen LogP contribution < -0.4 is 5.32 Å². The number of furan rings is 1. The van der Waals surface area contributed by atoms with Crippen molar-refractivity contribution >= 4 is 5.91 Å². The lowest BCUT2D eigenvalue weighted by molar-refractivity contribution is 0.0912. The molecule has 82 valence electrons. The van der Waals surface area contributed by atoms with Crippen LogP contribution in [0.25, 0.3) is 0 Å². The molecule has 1 aliphatic carbocycles. The zero-order chi connectivity index (χ0) is 10.7. The average molecular weight is 211 g/mol. The molecule has 0 radical (unpaired) electrons. The number of halogens is 1. The van der Waals surface area contributed by atoms with Crippen molar-refractivity contribution in [2.75, 3.05) is 0 Å². The largest absolute Gasteiger partial charge is 0.472 e. The fraction of sp³-hybridized carbons (Fsp3) is 0.545. The van der Waals surface area contributed by atoms with Crippen LogP contribution in [0.3, 0.4) is 0 Å². The van der Waals surface area contributed by atoms with Gasteiger partial charge in [-0.25, -0.2) is 4.39 Å². The fourth-order valence-electron chi connectivity index (χ4n) is 1.92. The third-order valence-electron chi connectivity index (χ3n) is 2.73. The summed E-state index contributed by atoms with van der Waals surface area (Å²) in [4.78, 5) is 11.6. The molecule has 4 heteroatoms. The zero-order valence-corrected chi connectivity index (χ0v) is 8.41. The number of amides is 1. The summed E-state index contributed by atoms with van der Waals surface area (Å²) in [6.45, 7) is 0. The maximum atomic E-state index is 13.1. The first-order chi connectivity index (χ1) is 7.25. The van der Waals surface area contributed by atoms with E-state index in [1.807, 2.05) is 0 Å². The minimum absolute atomic E-state index is 0.0313. The number of hydrogen-bond acceptors (Lipinski definition) is 2. The van der Waals surface area contributed by atoms with E-state index in [9.17, 15) is 9.18 Å². The van der Waals surface area contributed by atoms with Gasteiger partial charge in [0.15, 0.2) is 0 Å².